The average molecular weight is 302 g/mol. The van der Waals surface area contributed by atoms with Crippen LogP contribution in [-0.2, 0) is 16.6 Å². The highest BCUT2D eigenvalue weighted by molar-refractivity contribution is 7.84. The van der Waals surface area contributed by atoms with E-state index < -0.39 is 22.4 Å². The highest BCUT2D eigenvalue weighted by atomic mass is 35.5. The fraction of sp³-hybridized carbons (Fsp3) is 0.0769. The van der Waals surface area contributed by atoms with E-state index in [-0.39, 0.29) is 21.4 Å². The first kappa shape index (κ1) is 14.0. The Bertz CT molecular complexity index is 628. The molecule has 19 heavy (non-hydrogen) atoms. The molecule has 0 aliphatic rings. The molecule has 6 heteroatoms. The third kappa shape index (κ3) is 3.52. The fourth-order valence-electron chi connectivity index (χ4n) is 1.58. The van der Waals surface area contributed by atoms with Gasteiger partial charge in [0.25, 0.3) is 0 Å². The number of nitrogens with two attached hydrogens (primary N) is 1. The first-order chi connectivity index (χ1) is 8.95. The summed E-state index contributed by atoms with van der Waals surface area (Å²) in [6.07, 6.45) is 0. The van der Waals surface area contributed by atoms with Crippen LogP contribution in [-0.4, -0.2) is 4.21 Å². The number of rotatable bonds is 3. The molecule has 0 heterocycles. The van der Waals surface area contributed by atoms with E-state index in [0.29, 0.717) is 5.56 Å². The van der Waals surface area contributed by atoms with Crippen LogP contribution < -0.4 is 5.73 Å². The van der Waals surface area contributed by atoms with E-state index >= 15 is 0 Å². The van der Waals surface area contributed by atoms with Crippen LogP contribution in [0.15, 0.2) is 41.3 Å². The Morgan fingerprint density at radius 1 is 1.16 bits per heavy atom. The van der Waals surface area contributed by atoms with Crippen molar-refractivity contribution in [3.8, 4) is 0 Å². The maximum atomic E-state index is 13.2. The summed E-state index contributed by atoms with van der Waals surface area (Å²) >= 11 is 5.64. The summed E-state index contributed by atoms with van der Waals surface area (Å²) in [6.45, 7) is 0. The van der Waals surface area contributed by atoms with Crippen molar-refractivity contribution in [3.63, 3.8) is 0 Å². The van der Waals surface area contributed by atoms with E-state index in [1.54, 1.807) is 0 Å². The molecular weight excluding hydrogens is 292 g/mol. The molecule has 0 fully saturated rings. The average Bonchev–Trinajstić information content (AvgIpc) is 2.32. The molecule has 0 aromatic heterocycles. The highest BCUT2D eigenvalue weighted by Gasteiger charge is 2.09. The smallest absolute Gasteiger partial charge is 0.141 e. The molecule has 1 unspecified atom stereocenters. The summed E-state index contributed by atoms with van der Waals surface area (Å²) in [6, 6.07) is 7.85. The lowest BCUT2D eigenvalue weighted by Gasteiger charge is -2.05. The Balaban J connectivity index is 2.22. The molecule has 0 aliphatic heterocycles. The third-order valence-electron chi connectivity index (χ3n) is 2.44. The minimum atomic E-state index is -1.47. The lowest BCUT2D eigenvalue weighted by atomic mass is 10.2. The molecule has 1 atom stereocenters. The van der Waals surface area contributed by atoms with Gasteiger partial charge in [0, 0.05) is 10.6 Å². The van der Waals surface area contributed by atoms with Crippen molar-refractivity contribution in [1.82, 2.24) is 0 Å². The first-order valence-corrected chi connectivity index (χ1v) is 7.04. The Hall–Kier alpha value is -1.46. The van der Waals surface area contributed by atoms with E-state index in [1.165, 1.54) is 24.3 Å². The van der Waals surface area contributed by atoms with Crippen molar-refractivity contribution < 1.29 is 13.0 Å². The molecule has 0 saturated heterocycles. The number of nitrogen functional groups attached to an aromatic ring is 1. The molecule has 0 saturated carbocycles. The zero-order chi connectivity index (χ0) is 14.0. The monoisotopic (exact) mass is 301 g/mol. The van der Waals surface area contributed by atoms with Crippen molar-refractivity contribution in [2.45, 2.75) is 10.6 Å². The molecule has 0 spiro atoms. The van der Waals surface area contributed by atoms with Crippen molar-refractivity contribution in [2.24, 2.45) is 0 Å². The molecule has 0 bridgehead atoms. The van der Waals surface area contributed by atoms with Crippen LogP contribution in [0, 0.1) is 11.6 Å². The minimum absolute atomic E-state index is 0.0340. The van der Waals surface area contributed by atoms with Gasteiger partial charge in [-0.2, -0.15) is 0 Å². The predicted molar refractivity (Wildman–Crippen MR) is 72.3 cm³/mol. The van der Waals surface area contributed by atoms with Crippen LogP contribution in [0.4, 0.5) is 14.5 Å². The van der Waals surface area contributed by atoms with Gasteiger partial charge >= 0.3 is 0 Å². The van der Waals surface area contributed by atoms with E-state index in [4.69, 9.17) is 17.3 Å². The van der Waals surface area contributed by atoms with Crippen molar-refractivity contribution in [3.05, 3.63) is 58.6 Å². The maximum Gasteiger partial charge on any atom is 0.141 e. The van der Waals surface area contributed by atoms with E-state index in [1.807, 2.05) is 0 Å². The molecule has 2 aromatic rings. The Morgan fingerprint density at radius 2 is 1.89 bits per heavy atom. The third-order valence-corrected chi connectivity index (χ3v) is 4.08. The topological polar surface area (TPSA) is 43.1 Å². The minimum Gasteiger partial charge on any atom is -0.399 e. The zero-order valence-corrected chi connectivity index (χ0v) is 11.3. The Kier molecular flexibility index (Phi) is 4.17. The number of anilines is 1. The Labute approximate surface area is 116 Å². The van der Waals surface area contributed by atoms with Crippen molar-refractivity contribution in [1.29, 1.82) is 0 Å². The molecule has 2 rings (SSSR count). The normalized spacial score (nSPS) is 12.4. The second kappa shape index (κ2) is 5.67. The molecule has 0 radical (unpaired) electrons. The van der Waals surface area contributed by atoms with Gasteiger partial charge in [-0.05, 0) is 35.9 Å². The van der Waals surface area contributed by atoms with Gasteiger partial charge in [0.05, 0.1) is 21.6 Å². The number of benzene rings is 2. The summed E-state index contributed by atoms with van der Waals surface area (Å²) in [4.78, 5) is 0.290. The largest absolute Gasteiger partial charge is 0.399 e. The van der Waals surface area contributed by atoms with Gasteiger partial charge in [-0.25, -0.2) is 8.78 Å². The van der Waals surface area contributed by atoms with Crippen LogP contribution in [0.25, 0.3) is 0 Å². The predicted octanol–water partition coefficient (Wildman–Crippen LogP) is 3.51. The lowest BCUT2D eigenvalue weighted by Crippen LogP contribution is -1.99. The van der Waals surface area contributed by atoms with Crippen LogP contribution in [0.1, 0.15) is 5.56 Å². The molecule has 2 aromatic carbocycles. The molecule has 0 aliphatic carbocycles. The highest BCUT2D eigenvalue weighted by Crippen LogP contribution is 2.20. The van der Waals surface area contributed by atoms with Crippen LogP contribution in [0.2, 0.25) is 5.02 Å². The van der Waals surface area contributed by atoms with Gasteiger partial charge in [-0.1, -0.05) is 17.7 Å². The summed E-state index contributed by atoms with van der Waals surface area (Å²) in [5.74, 6) is -0.963. The summed E-state index contributed by atoms with van der Waals surface area (Å²) < 4.78 is 38.2. The van der Waals surface area contributed by atoms with Gasteiger partial charge in [-0.3, -0.25) is 4.21 Å². The van der Waals surface area contributed by atoms with Gasteiger partial charge in [0.1, 0.15) is 11.6 Å². The van der Waals surface area contributed by atoms with Gasteiger partial charge in [0.15, 0.2) is 0 Å². The zero-order valence-electron chi connectivity index (χ0n) is 9.70. The number of halogens is 3. The lowest BCUT2D eigenvalue weighted by molar-refractivity contribution is 0.623. The summed E-state index contributed by atoms with van der Waals surface area (Å²) in [5, 5.41) is -0.0340. The van der Waals surface area contributed by atoms with Crippen molar-refractivity contribution >= 4 is 28.1 Å². The molecular formula is C13H10ClF2NOS. The number of hydrogen-bond acceptors (Lipinski definition) is 2. The van der Waals surface area contributed by atoms with Gasteiger partial charge < -0.3 is 5.73 Å². The standard InChI is InChI=1S/C13H10ClF2NOS/c14-12-3-8(1-2-13(12)16)7-19(18)11-5-9(15)4-10(17)6-11/h1-6H,7,17H2. The number of hydrogen-bond donors (Lipinski definition) is 1. The second-order valence-corrected chi connectivity index (χ2v) is 5.82. The maximum absolute atomic E-state index is 13.2. The van der Waals surface area contributed by atoms with Gasteiger partial charge in [-0.15, -0.1) is 0 Å². The molecule has 0 amide bonds. The van der Waals surface area contributed by atoms with Crippen LogP contribution in [0.5, 0.6) is 0 Å². The second-order valence-electron chi connectivity index (χ2n) is 3.96. The first-order valence-electron chi connectivity index (χ1n) is 5.34. The van der Waals surface area contributed by atoms with E-state index in [2.05, 4.69) is 0 Å². The SMILES string of the molecule is Nc1cc(F)cc(S(=O)Cc2ccc(F)c(Cl)c2)c1. The molecule has 2 N–H and O–H groups in total. The Morgan fingerprint density at radius 3 is 2.53 bits per heavy atom. The molecule has 100 valence electrons. The summed E-state index contributed by atoms with van der Waals surface area (Å²) in [5.41, 5.74) is 6.30. The van der Waals surface area contributed by atoms with E-state index in [0.717, 1.165) is 12.1 Å². The van der Waals surface area contributed by atoms with Crippen LogP contribution in [0.3, 0.4) is 0 Å². The van der Waals surface area contributed by atoms with Crippen LogP contribution >= 0.6 is 11.6 Å². The fourth-order valence-corrected chi connectivity index (χ4v) is 2.94. The molecule has 2 nitrogen and oxygen atoms in total. The summed E-state index contributed by atoms with van der Waals surface area (Å²) in [7, 11) is -1.47. The van der Waals surface area contributed by atoms with Crippen molar-refractivity contribution in [2.75, 3.05) is 5.73 Å². The van der Waals surface area contributed by atoms with Gasteiger partial charge in [0.2, 0.25) is 0 Å². The quantitative estimate of drug-likeness (QED) is 0.882. The van der Waals surface area contributed by atoms with E-state index in [9.17, 15) is 13.0 Å².